The zero-order valence-corrected chi connectivity index (χ0v) is 11.7. The second kappa shape index (κ2) is 5.11. The van der Waals surface area contributed by atoms with Gasteiger partial charge in [0.1, 0.15) is 5.41 Å². The fourth-order valence-corrected chi connectivity index (χ4v) is 3.34. The summed E-state index contributed by atoms with van der Waals surface area (Å²) in [6, 6.07) is 6.33. The van der Waals surface area contributed by atoms with Crippen LogP contribution in [-0.2, 0) is 11.2 Å². The Morgan fingerprint density at radius 2 is 2.39 bits per heavy atom. The number of hydrogen-bond donors (Lipinski definition) is 0. The third kappa shape index (κ3) is 2.41. The summed E-state index contributed by atoms with van der Waals surface area (Å²) < 4.78 is 0. The van der Waals surface area contributed by atoms with E-state index in [2.05, 4.69) is 19.1 Å². The molecular weight excluding hydrogens is 244 g/mol. The molecule has 1 aromatic rings. The lowest BCUT2D eigenvalue weighted by Crippen LogP contribution is -2.49. The van der Waals surface area contributed by atoms with E-state index in [1.165, 1.54) is 4.88 Å². The molecule has 0 atom stereocenters. The minimum absolute atomic E-state index is 0.000318. The summed E-state index contributed by atoms with van der Waals surface area (Å²) in [6.45, 7) is 2.78. The van der Waals surface area contributed by atoms with E-state index in [0.29, 0.717) is 25.3 Å². The van der Waals surface area contributed by atoms with Crippen LogP contribution < -0.4 is 0 Å². The third-order valence-electron chi connectivity index (χ3n) is 3.64. The first-order valence-corrected chi connectivity index (χ1v) is 7.14. The summed E-state index contributed by atoms with van der Waals surface area (Å²) in [6.07, 6.45) is 2.30. The van der Waals surface area contributed by atoms with Crippen LogP contribution in [0, 0.1) is 22.7 Å². The predicted molar refractivity (Wildman–Crippen MR) is 72.1 cm³/mol. The number of nitriles is 1. The van der Waals surface area contributed by atoms with Crippen LogP contribution >= 0.6 is 11.3 Å². The molecule has 0 radical (unpaired) electrons. The molecule has 3 nitrogen and oxygen atoms in total. The Balaban J connectivity index is 1.91. The van der Waals surface area contributed by atoms with Gasteiger partial charge in [-0.3, -0.25) is 4.79 Å². The maximum absolute atomic E-state index is 12.3. The minimum atomic E-state index is -0.733. The van der Waals surface area contributed by atoms with E-state index < -0.39 is 5.41 Å². The van der Waals surface area contributed by atoms with E-state index in [-0.39, 0.29) is 5.91 Å². The average Bonchev–Trinajstić information content (AvgIpc) is 2.83. The lowest BCUT2D eigenvalue weighted by atomic mass is 9.63. The smallest absolute Gasteiger partial charge is 0.242 e. The van der Waals surface area contributed by atoms with Crippen molar-refractivity contribution in [2.24, 2.45) is 11.3 Å². The van der Waals surface area contributed by atoms with E-state index in [0.717, 1.165) is 6.42 Å². The van der Waals surface area contributed by atoms with E-state index in [1.807, 2.05) is 11.4 Å². The van der Waals surface area contributed by atoms with Crippen molar-refractivity contribution in [2.75, 3.05) is 13.6 Å². The summed E-state index contributed by atoms with van der Waals surface area (Å²) in [5.74, 6) is 0.499. The van der Waals surface area contributed by atoms with Crippen LogP contribution in [0.4, 0.5) is 0 Å². The maximum atomic E-state index is 12.3. The molecule has 1 fully saturated rings. The van der Waals surface area contributed by atoms with Gasteiger partial charge in [0.2, 0.25) is 5.91 Å². The normalized spacial score (nSPS) is 26.2. The van der Waals surface area contributed by atoms with Gasteiger partial charge in [0.25, 0.3) is 0 Å². The molecule has 1 aliphatic carbocycles. The zero-order valence-electron chi connectivity index (χ0n) is 10.8. The summed E-state index contributed by atoms with van der Waals surface area (Å²) in [5.41, 5.74) is -0.733. The fourth-order valence-electron chi connectivity index (χ4n) is 2.64. The summed E-state index contributed by atoms with van der Waals surface area (Å²) in [5, 5.41) is 11.3. The second-order valence-electron chi connectivity index (χ2n) is 5.26. The van der Waals surface area contributed by atoms with E-state index in [1.54, 1.807) is 23.3 Å². The number of thiophene rings is 1. The first-order chi connectivity index (χ1) is 8.57. The van der Waals surface area contributed by atoms with E-state index >= 15 is 0 Å². The molecule has 0 N–H and O–H groups in total. The second-order valence-corrected chi connectivity index (χ2v) is 6.30. The Hall–Kier alpha value is -1.34. The van der Waals surface area contributed by atoms with Gasteiger partial charge in [-0.1, -0.05) is 13.0 Å². The van der Waals surface area contributed by atoms with Crippen molar-refractivity contribution in [1.29, 1.82) is 5.26 Å². The van der Waals surface area contributed by atoms with Crippen LogP contribution in [0.3, 0.4) is 0 Å². The highest BCUT2D eigenvalue weighted by Gasteiger charge is 2.50. The molecule has 2 rings (SSSR count). The number of carbonyl (C=O) groups excluding carboxylic acids is 1. The van der Waals surface area contributed by atoms with Gasteiger partial charge in [-0.25, -0.2) is 0 Å². The number of hydrogen-bond acceptors (Lipinski definition) is 3. The molecule has 96 valence electrons. The summed E-state index contributed by atoms with van der Waals surface area (Å²) in [4.78, 5) is 15.3. The molecule has 1 aromatic heterocycles. The number of carbonyl (C=O) groups is 1. The number of amides is 1. The number of likely N-dealkylation sites (N-methyl/N-ethyl adjacent to an activating group) is 1. The number of rotatable bonds is 4. The quantitative estimate of drug-likeness (QED) is 0.837. The Labute approximate surface area is 112 Å². The Kier molecular flexibility index (Phi) is 3.72. The summed E-state index contributed by atoms with van der Waals surface area (Å²) in [7, 11) is 1.80. The Morgan fingerprint density at radius 1 is 1.67 bits per heavy atom. The highest BCUT2D eigenvalue weighted by molar-refractivity contribution is 7.09. The molecule has 0 saturated heterocycles. The Morgan fingerprint density at radius 3 is 2.89 bits per heavy atom. The van der Waals surface area contributed by atoms with Crippen LogP contribution in [0.25, 0.3) is 0 Å². The van der Waals surface area contributed by atoms with Gasteiger partial charge < -0.3 is 4.90 Å². The fraction of sp³-hybridized carbons (Fsp3) is 0.571. The molecule has 0 aliphatic heterocycles. The van der Waals surface area contributed by atoms with Crippen molar-refractivity contribution in [3.05, 3.63) is 22.4 Å². The lowest BCUT2D eigenvalue weighted by molar-refractivity contribution is -0.143. The highest BCUT2D eigenvalue weighted by Crippen LogP contribution is 2.46. The third-order valence-corrected chi connectivity index (χ3v) is 4.57. The van der Waals surface area contributed by atoms with Gasteiger partial charge in [0.05, 0.1) is 6.07 Å². The first kappa shape index (κ1) is 13.1. The maximum Gasteiger partial charge on any atom is 0.242 e. The van der Waals surface area contributed by atoms with Crippen molar-refractivity contribution in [2.45, 2.75) is 26.2 Å². The highest BCUT2D eigenvalue weighted by atomic mass is 32.1. The van der Waals surface area contributed by atoms with Crippen LogP contribution in [0.2, 0.25) is 0 Å². The number of nitrogens with zero attached hydrogens (tertiary/aromatic N) is 2. The molecule has 4 heteroatoms. The Bertz CT molecular complexity index is 455. The van der Waals surface area contributed by atoms with Gasteiger partial charge in [0, 0.05) is 18.5 Å². The molecule has 0 aromatic carbocycles. The topological polar surface area (TPSA) is 44.1 Å². The minimum Gasteiger partial charge on any atom is -0.344 e. The molecule has 18 heavy (non-hydrogen) atoms. The largest absolute Gasteiger partial charge is 0.344 e. The van der Waals surface area contributed by atoms with Gasteiger partial charge in [-0.2, -0.15) is 5.26 Å². The van der Waals surface area contributed by atoms with Crippen molar-refractivity contribution in [3.8, 4) is 6.07 Å². The molecule has 1 saturated carbocycles. The van der Waals surface area contributed by atoms with Crippen molar-refractivity contribution in [3.63, 3.8) is 0 Å². The van der Waals surface area contributed by atoms with Crippen molar-refractivity contribution < 1.29 is 4.79 Å². The first-order valence-electron chi connectivity index (χ1n) is 6.26. The standard InChI is InChI=1S/C14H18N2OS/c1-11-8-14(9-11,10-15)13(17)16(2)6-5-12-4-3-7-18-12/h3-4,7,11H,5-6,8-9H2,1-2H3. The van der Waals surface area contributed by atoms with Crippen molar-refractivity contribution in [1.82, 2.24) is 4.90 Å². The van der Waals surface area contributed by atoms with Gasteiger partial charge in [-0.15, -0.1) is 11.3 Å². The van der Waals surface area contributed by atoms with Crippen molar-refractivity contribution >= 4 is 17.2 Å². The van der Waals surface area contributed by atoms with Gasteiger partial charge in [-0.05, 0) is 36.6 Å². The molecule has 0 unspecified atom stereocenters. The van der Waals surface area contributed by atoms with Gasteiger partial charge >= 0.3 is 0 Å². The molecule has 1 heterocycles. The molecule has 1 amide bonds. The predicted octanol–water partition coefficient (Wildman–Crippen LogP) is 2.69. The van der Waals surface area contributed by atoms with Crippen LogP contribution in [-0.4, -0.2) is 24.4 Å². The lowest BCUT2D eigenvalue weighted by Gasteiger charge is -2.41. The molecule has 0 bridgehead atoms. The molecular formula is C14H18N2OS. The zero-order chi connectivity index (χ0) is 13.2. The summed E-state index contributed by atoms with van der Waals surface area (Å²) >= 11 is 1.71. The van der Waals surface area contributed by atoms with Crippen LogP contribution in [0.15, 0.2) is 17.5 Å². The average molecular weight is 262 g/mol. The van der Waals surface area contributed by atoms with E-state index in [4.69, 9.17) is 0 Å². The van der Waals surface area contributed by atoms with Crippen LogP contribution in [0.1, 0.15) is 24.6 Å². The van der Waals surface area contributed by atoms with Crippen LogP contribution in [0.5, 0.6) is 0 Å². The molecule has 1 aliphatic rings. The van der Waals surface area contributed by atoms with Gasteiger partial charge in [0.15, 0.2) is 0 Å². The SMILES string of the molecule is CC1CC(C#N)(C(=O)N(C)CCc2cccs2)C1. The van der Waals surface area contributed by atoms with E-state index in [9.17, 15) is 10.1 Å². The molecule has 0 spiro atoms. The monoisotopic (exact) mass is 262 g/mol.